The summed E-state index contributed by atoms with van der Waals surface area (Å²) in [6.07, 6.45) is 5.57. The van der Waals surface area contributed by atoms with Crippen molar-refractivity contribution in [2.45, 2.75) is 46.0 Å². The van der Waals surface area contributed by atoms with Gasteiger partial charge in [0.25, 0.3) is 0 Å². The molecule has 0 atom stereocenters. The Morgan fingerprint density at radius 3 is 2.43 bits per heavy atom. The normalized spacial score (nSPS) is 10.8. The molecule has 0 bridgehead atoms. The van der Waals surface area contributed by atoms with Crippen molar-refractivity contribution >= 4 is 17.2 Å². The third-order valence-corrected chi connectivity index (χ3v) is 3.68. The molecule has 0 aliphatic heterocycles. The highest BCUT2D eigenvalue weighted by atomic mass is 15.3. The SMILES string of the molecule is CCCCc1ccc(Nc2c(N)c(CCC)nn2C)cc1. The molecule has 3 N–H and O–H groups in total. The van der Waals surface area contributed by atoms with Crippen LogP contribution in [0.15, 0.2) is 24.3 Å². The average Bonchev–Trinajstić information content (AvgIpc) is 2.75. The van der Waals surface area contributed by atoms with Crippen LogP contribution in [-0.4, -0.2) is 9.78 Å². The zero-order chi connectivity index (χ0) is 15.2. The number of hydrogen-bond donors (Lipinski definition) is 2. The van der Waals surface area contributed by atoms with Gasteiger partial charge in [-0.1, -0.05) is 38.8 Å². The van der Waals surface area contributed by atoms with Crippen LogP contribution in [0.1, 0.15) is 44.4 Å². The molecule has 4 heteroatoms. The Morgan fingerprint density at radius 1 is 1.10 bits per heavy atom. The van der Waals surface area contributed by atoms with E-state index in [1.165, 1.54) is 18.4 Å². The Labute approximate surface area is 127 Å². The number of rotatable bonds is 7. The number of aryl methyl sites for hydroxylation is 3. The van der Waals surface area contributed by atoms with Crippen molar-refractivity contribution < 1.29 is 0 Å². The van der Waals surface area contributed by atoms with E-state index < -0.39 is 0 Å². The maximum atomic E-state index is 6.19. The smallest absolute Gasteiger partial charge is 0.152 e. The second-order valence-electron chi connectivity index (χ2n) is 5.51. The maximum Gasteiger partial charge on any atom is 0.152 e. The highest BCUT2D eigenvalue weighted by Crippen LogP contribution is 2.26. The first-order valence-electron chi connectivity index (χ1n) is 7.83. The second kappa shape index (κ2) is 7.16. The first kappa shape index (κ1) is 15.4. The number of nitrogen functional groups attached to an aromatic ring is 1. The van der Waals surface area contributed by atoms with E-state index in [1.54, 1.807) is 0 Å². The van der Waals surface area contributed by atoms with Crippen LogP contribution in [0.4, 0.5) is 17.2 Å². The van der Waals surface area contributed by atoms with E-state index in [0.29, 0.717) is 0 Å². The van der Waals surface area contributed by atoms with E-state index in [0.717, 1.165) is 42.1 Å². The Hall–Kier alpha value is -1.97. The molecule has 1 aromatic carbocycles. The Bertz CT molecular complexity index is 569. The van der Waals surface area contributed by atoms with Gasteiger partial charge in [-0.3, -0.25) is 4.68 Å². The molecule has 0 spiro atoms. The summed E-state index contributed by atoms with van der Waals surface area (Å²) in [6.45, 7) is 4.35. The van der Waals surface area contributed by atoms with Gasteiger partial charge in [-0.2, -0.15) is 5.10 Å². The largest absolute Gasteiger partial charge is 0.394 e. The van der Waals surface area contributed by atoms with Gasteiger partial charge >= 0.3 is 0 Å². The third kappa shape index (κ3) is 3.78. The van der Waals surface area contributed by atoms with Crippen molar-refractivity contribution in [2.75, 3.05) is 11.1 Å². The molecular formula is C17H26N4. The zero-order valence-electron chi connectivity index (χ0n) is 13.3. The summed E-state index contributed by atoms with van der Waals surface area (Å²) < 4.78 is 1.82. The lowest BCUT2D eigenvalue weighted by molar-refractivity contribution is 0.740. The molecule has 2 rings (SSSR count). The molecule has 0 saturated heterocycles. The van der Waals surface area contributed by atoms with Gasteiger partial charge in [0.05, 0.1) is 11.4 Å². The quantitative estimate of drug-likeness (QED) is 0.807. The van der Waals surface area contributed by atoms with Gasteiger partial charge in [-0.25, -0.2) is 0 Å². The first-order chi connectivity index (χ1) is 10.2. The predicted octanol–water partition coefficient (Wildman–Crippen LogP) is 4.04. The molecule has 0 fully saturated rings. The molecule has 114 valence electrons. The molecule has 1 heterocycles. The average molecular weight is 286 g/mol. The van der Waals surface area contributed by atoms with Crippen LogP contribution < -0.4 is 11.1 Å². The molecule has 21 heavy (non-hydrogen) atoms. The molecule has 0 saturated carbocycles. The number of unbranched alkanes of at least 4 members (excludes halogenated alkanes) is 1. The zero-order valence-corrected chi connectivity index (χ0v) is 13.3. The molecule has 4 nitrogen and oxygen atoms in total. The standard InChI is InChI=1S/C17H26N4/c1-4-6-8-13-9-11-14(12-10-13)19-17-16(18)15(7-5-2)20-21(17)3/h9-12,19H,4-8,18H2,1-3H3. The van der Waals surface area contributed by atoms with Crippen molar-refractivity contribution in [1.82, 2.24) is 9.78 Å². The van der Waals surface area contributed by atoms with Crippen LogP contribution in [-0.2, 0) is 19.9 Å². The monoisotopic (exact) mass is 286 g/mol. The molecule has 0 radical (unpaired) electrons. The summed E-state index contributed by atoms with van der Waals surface area (Å²) in [4.78, 5) is 0. The highest BCUT2D eigenvalue weighted by Gasteiger charge is 2.12. The lowest BCUT2D eigenvalue weighted by atomic mass is 10.1. The summed E-state index contributed by atoms with van der Waals surface area (Å²) in [5.41, 5.74) is 10.4. The summed E-state index contributed by atoms with van der Waals surface area (Å²) >= 11 is 0. The number of nitrogens with two attached hydrogens (primary N) is 1. The minimum atomic E-state index is 0.759. The summed E-state index contributed by atoms with van der Waals surface area (Å²) in [6, 6.07) is 8.57. The third-order valence-electron chi connectivity index (χ3n) is 3.68. The molecule has 2 aromatic rings. The fourth-order valence-corrected chi connectivity index (χ4v) is 2.44. The number of anilines is 3. The van der Waals surface area contributed by atoms with E-state index in [-0.39, 0.29) is 0 Å². The Morgan fingerprint density at radius 2 is 1.81 bits per heavy atom. The van der Waals surface area contributed by atoms with Crippen molar-refractivity contribution in [3.63, 3.8) is 0 Å². The van der Waals surface area contributed by atoms with Crippen molar-refractivity contribution in [3.05, 3.63) is 35.5 Å². The van der Waals surface area contributed by atoms with Gasteiger partial charge in [-0.15, -0.1) is 0 Å². The topological polar surface area (TPSA) is 55.9 Å². The van der Waals surface area contributed by atoms with Crippen molar-refractivity contribution in [2.24, 2.45) is 7.05 Å². The molecule has 0 aliphatic carbocycles. The van der Waals surface area contributed by atoms with Crippen molar-refractivity contribution in [1.29, 1.82) is 0 Å². The molecule has 0 aliphatic rings. The number of nitrogens with zero attached hydrogens (tertiary/aromatic N) is 2. The van der Waals surface area contributed by atoms with Crippen LogP contribution >= 0.6 is 0 Å². The van der Waals surface area contributed by atoms with Crippen LogP contribution in [0.3, 0.4) is 0 Å². The summed E-state index contributed by atoms with van der Waals surface area (Å²) in [5.74, 6) is 0.875. The molecule has 0 amide bonds. The summed E-state index contributed by atoms with van der Waals surface area (Å²) in [7, 11) is 1.92. The van der Waals surface area contributed by atoms with E-state index in [4.69, 9.17) is 5.73 Å². The van der Waals surface area contributed by atoms with Gasteiger partial charge < -0.3 is 11.1 Å². The predicted molar refractivity (Wildman–Crippen MR) is 90.0 cm³/mol. The van der Waals surface area contributed by atoms with Gasteiger partial charge in [0.1, 0.15) is 0 Å². The van der Waals surface area contributed by atoms with E-state index in [9.17, 15) is 0 Å². The van der Waals surface area contributed by atoms with Gasteiger partial charge in [0.2, 0.25) is 0 Å². The van der Waals surface area contributed by atoms with Crippen LogP contribution in [0.2, 0.25) is 0 Å². The number of hydrogen-bond acceptors (Lipinski definition) is 3. The van der Waals surface area contributed by atoms with Crippen LogP contribution in [0, 0.1) is 0 Å². The minimum absolute atomic E-state index is 0.759. The maximum absolute atomic E-state index is 6.19. The van der Waals surface area contributed by atoms with Gasteiger partial charge in [0, 0.05) is 12.7 Å². The van der Waals surface area contributed by atoms with Crippen LogP contribution in [0.5, 0.6) is 0 Å². The van der Waals surface area contributed by atoms with Gasteiger partial charge in [-0.05, 0) is 37.0 Å². The first-order valence-corrected chi connectivity index (χ1v) is 7.83. The van der Waals surface area contributed by atoms with Crippen molar-refractivity contribution in [3.8, 4) is 0 Å². The molecular weight excluding hydrogens is 260 g/mol. The Balaban J connectivity index is 2.11. The number of aromatic nitrogens is 2. The molecule has 1 aromatic heterocycles. The van der Waals surface area contributed by atoms with E-state index >= 15 is 0 Å². The highest BCUT2D eigenvalue weighted by molar-refractivity contribution is 5.71. The number of nitrogens with one attached hydrogen (secondary N) is 1. The second-order valence-corrected chi connectivity index (χ2v) is 5.51. The van der Waals surface area contributed by atoms with E-state index in [2.05, 4.69) is 48.5 Å². The number of benzene rings is 1. The summed E-state index contributed by atoms with van der Waals surface area (Å²) in [5, 5.41) is 7.86. The fraction of sp³-hybridized carbons (Fsp3) is 0.471. The molecule has 0 unspecified atom stereocenters. The Kier molecular flexibility index (Phi) is 5.26. The van der Waals surface area contributed by atoms with Crippen LogP contribution in [0.25, 0.3) is 0 Å². The van der Waals surface area contributed by atoms with Gasteiger partial charge in [0.15, 0.2) is 5.82 Å². The lowest BCUT2D eigenvalue weighted by Gasteiger charge is -2.09. The van der Waals surface area contributed by atoms with E-state index in [1.807, 2.05) is 11.7 Å². The lowest BCUT2D eigenvalue weighted by Crippen LogP contribution is -2.01. The minimum Gasteiger partial charge on any atom is -0.394 e. The fourth-order valence-electron chi connectivity index (χ4n) is 2.44.